The molecule has 0 aliphatic carbocycles. The number of nitrogens with zero attached hydrogens (tertiary/aromatic N) is 1. The van der Waals surface area contributed by atoms with E-state index in [2.05, 4.69) is 34.7 Å². The van der Waals surface area contributed by atoms with Crippen molar-refractivity contribution in [1.82, 2.24) is 10.6 Å². The molecule has 1 atom stereocenters. The summed E-state index contributed by atoms with van der Waals surface area (Å²) in [5.41, 5.74) is 1.52. The first kappa shape index (κ1) is 14.2. The number of guanidine groups is 1. The molecule has 114 valence electrons. The Morgan fingerprint density at radius 3 is 2.81 bits per heavy atom. The van der Waals surface area contributed by atoms with E-state index < -0.39 is 0 Å². The topological polar surface area (TPSA) is 54.9 Å². The Labute approximate surface area is 125 Å². The summed E-state index contributed by atoms with van der Waals surface area (Å²) in [5.74, 6) is 1.83. The second-order valence-corrected chi connectivity index (χ2v) is 6.16. The largest absolute Gasteiger partial charge is 0.488 e. The molecule has 0 saturated carbocycles. The fraction of sp³-hybridized carbons (Fsp3) is 0.562. The van der Waals surface area contributed by atoms with Crippen molar-refractivity contribution in [2.45, 2.75) is 19.4 Å². The second kappa shape index (κ2) is 5.93. The van der Waals surface area contributed by atoms with Crippen LogP contribution in [0.4, 0.5) is 0 Å². The SMILES string of the molecule is CN=C(NCC1Cc2ccccc2O1)NCC1(C)COC1. The van der Waals surface area contributed by atoms with Gasteiger partial charge in [0.2, 0.25) is 0 Å². The molecule has 0 aromatic heterocycles. The van der Waals surface area contributed by atoms with E-state index >= 15 is 0 Å². The second-order valence-electron chi connectivity index (χ2n) is 6.16. The number of ether oxygens (including phenoxy) is 2. The molecule has 0 radical (unpaired) electrons. The van der Waals surface area contributed by atoms with Gasteiger partial charge in [-0.2, -0.15) is 0 Å². The predicted molar refractivity (Wildman–Crippen MR) is 82.9 cm³/mol. The van der Waals surface area contributed by atoms with Crippen molar-refractivity contribution >= 4 is 5.96 Å². The van der Waals surface area contributed by atoms with Crippen LogP contribution in [0.1, 0.15) is 12.5 Å². The minimum absolute atomic E-state index is 0.170. The van der Waals surface area contributed by atoms with Gasteiger partial charge < -0.3 is 20.1 Å². The average molecular weight is 289 g/mol. The quantitative estimate of drug-likeness (QED) is 0.646. The molecule has 0 bridgehead atoms. The van der Waals surface area contributed by atoms with Gasteiger partial charge in [0.1, 0.15) is 11.9 Å². The van der Waals surface area contributed by atoms with Crippen molar-refractivity contribution in [2.75, 3.05) is 33.4 Å². The number of para-hydroxylation sites is 1. The first-order valence-corrected chi connectivity index (χ1v) is 7.45. The Bertz CT molecular complexity index is 501. The highest BCUT2D eigenvalue weighted by Crippen LogP contribution is 2.27. The Morgan fingerprint density at radius 2 is 2.14 bits per heavy atom. The summed E-state index contributed by atoms with van der Waals surface area (Å²) in [4.78, 5) is 4.26. The first-order valence-electron chi connectivity index (χ1n) is 7.45. The van der Waals surface area contributed by atoms with Gasteiger partial charge in [-0.05, 0) is 11.6 Å². The number of fused-ring (bicyclic) bond motifs is 1. The van der Waals surface area contributed by atoms with Crippen molar-refractivity contribution in [3.05, 3.63) is 29.8 Å². The lowest BCUT2D eigenvalue weighted by atomic mass is 9.89. The molecule has 2 N–H and O–H groups in total. The first-order chi connectivity index (χ1) is 10.2. The number of benzene rings is 1. The third-order valence-electron chi connectivity index (χ3n) is 4.02. The minimum atomic E-state index is 0.170. The molecular formula is C16H23N3O2. The van der Waals surface area contributed by atoms with Crippen molar-refractivity contribution in [3.63, 3.8) is 0 Å². The number of hydrogen-bond acceptors (Lipinski definition) is 3. The van der Waals surface area contributed by atoms with Gasteiger partial charge >= 0.3 is 0 Å². The number of nitrogens with one attached hydrogen (secondary N) is 2. The van der Waals surface area contributed by atoms with Crippen LogP contribution in [-0.4, -0.2) is 45.4 Å². The maximum absolute atomic E-state index is 5.91. The minimum Gasteiger partial charge on any atom is -0.488 e. The zero-order valence-electron chi connectivity index (χ0n) is 12.7. The molecule has 1 saturated heterocycles. The van der Waals surface area contributed by atoms with Crippen LogP contribution in [0.15, 0.2) is 29.3 Å². The fourth-order valence-corrected chi connectivity index (χ4v) is 2.65. The summed E-state index contributed by atoms with van der Waals surface area (Å²) < 4.78 is 11.2. The van der Waals surface area contributed by atoms with Gasteiger partial charge in [-0.15, -0.1) is 0 Å². The van der Waals surface area contributed by atoms with E-state index in [9.17, 15) is 0 Å². The van der Waals surface area contributed by atoms with E-state index in [1.807, 2.05) is 12.1 Å². The molecule has 1 unspecified atom stereocenters. The lowest BCUT2D eigenvalue weighted by molar-refractivity contribution is -0.0971. The molecule has 3 rings (SSSR count). The molecule has 1 aromatic rings. The van der Waals surface area contributed by atoms with Gasteiger partial charge in [-0.25, -0.2) is 0 Å². The van der Waals surface area contributed by atoms with Crippen molar-refractivity contribution in [2.24, 2.45) is 10.4 Å². The Balaban J connectivity index is 1.44. The summed E-state index contributed by atoms with van der Waals surface area (Å²) in [7, 11) is 1.79. The number of hydrogen-bond donors (Lipinski definition) is 2. The van der Waals surface area contributed by atoms with Gasteiger partial charge in [-0.3, -0.25) is 4.99 Å². The molecule has 5 nitrogen and oxygen atoms in total. The highest BCUT2D eigenvalue weighted by Gasteiger charge is 2.33. The molecule has 2 aliphatic heterocycles. The van der Waals surface area contributed by atoms with E-state index in [-0.39, 0.29) is 11.5 Å². The van der Waals surface area contributed by atoms with Crippen LogP contribution in [0.2, 0.25) is 0 Å². The van der Waals surface area contributed by atoms with Crippen LogP contribution in [0.25, 0.3) is 0 Å². The fourth-order valence-electron chi connectivity index (χ4n) is 2.65. The summed E-state index contributed by atoms with van der Waals surface area (Å²) in [6.45, 7) is 5.48. The Kier molecular flexibility index (Phi) is 4.01. The molecule has 1 fully saturated rings. The van der Waals surface area contributed by atoms with E-state index in [4.69, 9.17) is 9.47 Å². The Hall–Kier alpha value is -1.75. The van der Waals surface area contributed by atoms with Crippen molar-refractivity contribution < 1.29 is 9.47 Å². The zero-order chi connectivity index (χ0) is 14.7. The van der Waals surface area contributed by atoms with Crippen LogP contribution in [0.5, 0.6) is 5.75 Å². The van der Waals surface area contributed by atoms with Crippen LogP contribution >= 0.6 is 0 Å². The molecule has 0 spiro atoms. The highest BCUT2D eigenvalue weighted by atomic mass is 16.5. The van der Waals surface area contributed by atoms with Crippen molar-refractivity contribution in [1.29, 1.82) is 0 Å². The monoisotopic (exact) mass is 289 g/mol. The zero-order valence-corrected chi connectivity index (χ0v) is 12.7. The third kappa shape index (κ3) is 3.29. The lowest BCUT2D eigenvalue weighted by Gasteiger charge is -2.38. The smallest absolute Gasteiger partial charge is 0.191 e. The normalized spacial score (nSPS) is 23.0. The van der Waals surface area contributed by atoms with E-state index in [0.717, 1.165) is 44.4 Å². The molecule has 5 heteroatoms. The van der Waals surface area contributed by atoms with E-state index in [0.29, 0.717) is 0 Å². The number of rotatable bonds is 4. The standard InChI is InChI=1S/C16H23N3O2/c1-16(10-20-11-16)9-19-15(17-2)18-8-13-7-12-5-3-4-6-14(12)21-13/h3-6,13H,7-11H2,1-2H3,(H2,17,18,19). The summed E-state index contributed by atoms with van der Waals surface area (Å²) in [6, 6.07) is 8.22. The summed E-state index contributed by atoms with van der Waals surface area (Å²) in [5, 5.41) is 6.70. The van der Waals surface area contributed by atoms with Gasteiger partial charge in [0.15, 0.2) is 5.96 Å². The van der Waals surface area contributed by atoms with Crippen molar-refractivity contribution in [3.8, 4) is 5.75 Å². The molecule has 2 aliphatic rings. The molecular weight excluding hydrogens is 266 g/mol. The highest BCUT2D eigenvalue weighted by molar-refractivity contribution is 5.79. The molecule has 1 aromatic carbocycles. The Morgan fingerprint density at radius 1 is 1.33 bits per heavy atom. The molecule has 0 amide bonds. The third-order valence-corrected chi connectivity index (χ3v) is 4.02. The van der Waals surface area contributed by atoms with Crippen LogP contribution in [0, 0.1) is 5.41 Å². The van der Waals surface area contributed by atoms with Crippen LogP contribution in [-0.2, 0) is 11.2 Å². The maximum atomic E-state index is 5.91. The van der Waals surface area contributed by atoms with Crippen LogP contribution < -0.4 is 15.4 Å². The molecule has 21 heavy (non-hydrogen) atoms. The summed E-state index contributed by atoms with van der Waals surface area (Å²) in [6.07, 6.45) is 1.12. The van der Waals surface area contributed by atoms with E-state index in [1.165, 1.54) is 5.56 Å². The van der Waals surface area contributed by atoms with Gasteiger partial charge in [0, 0.05) is 25.4 Å². The number of aliphatic imine (C=N–C) groups is 1. The van der Waals surface area contributed by atoms with Gasteiger partial charge in [-0.1, -0.05) is 25.1 Å². The summed E-state index contributed by atoms with van der Waals surface area (Å²) >= 11 is 0. The predicted octanol–water partition coefficient (Wildman–Crippen LogP) is 1.19. The van der Waals surface area contributed by atoms with Gasteiger partial charge in [0.05, 0.1) is 19.8 Å². The lowest BCUT2D eigenvalue weighted by Crippen LogP contribution is -2.51. The van der Waals surface area contributed by atoms with Gasteiger partial charge in [0.25, 0.3) is 0 Å². The van der Waals surface area contributed by atoms with E-state index in [1.54, 1.807) is 7.05 Å². The van der Waals surface area contributed by atoms with Crippen LogP contribution in [0.3, 0.4) is 0 Å². The molecule has 2 heterocycles. The maximum Gasteiger partial charge on any atom is 0.191 e. The average Bonchev–Trinajstić information content (AvgIpc) is 2.88.